The Morgan fingerprint density at radius 3 is 2.61 bits per heavy atom. The first-order chi connectivity index (χ1) is 11.0. The summed E-state index contributed by atoms with van der Waals surface area (Å²) in [6.45, 7) is 2.07. The molecule has 6 nitrogen and oxygen atoms in total. The zero-order valence-electron chi connectivity index (χ0n) is 12.7. The Kier molecular flexibility index (Phi) is 4.61. The van der Waals surface area contributed by atoms with E-state index in [0.29, 0.717) is 55.7 Å². The third-order valence-electron chi connectivity index (χ3n) is 4.26. The molecule has 0 radical (unpaired) electrons. The van der Waals surface area contributed by atoms with Crippen LogP contribution in [0.15, 0.2) is 12.1 Å². The van der Waals surface area contributed by atoms with Gasteiger partial charge in [-0.1, -0.05) is 11.6 Å². The Labute approximate surface area is 139 Å². The number of fused-ring (bicyclic) bond motifs is 1. The second-order valence-corrected chi connectivity index (χ2v) is 6.24. The number of hydrogen-bond acceptors (Lipinski definition) is 4. The number of halogens is 1. The lowest BCUT2D eigenvalue weighted by Crippen LogP contribution is -2.42. The Balaban J connectivity index is 1.64. The molecule has 0 atom stereocenters. The first-order valence-corrected chi connectivity index (χ1v) is 8.07. The number of rotatable bonds is 3. The van der Waals surface area contributed by atoms with E-state index in [0.717, 1.165) is 5.56 Å². The lowest BCUT2D eigenvalue weighted by molar-refractivity contribution is -0.134. The van der Waals surface area contributed by atoms with E-state index >= 15 is 0 Å². The molecule has 2 aliphatic heterocycles. The quantitative estimate of drug-likeness (QED) is 0.902. The summed E-state index contributed by atoms with van der Waals surface area (Å²) in [6, 6.07) is 3.54. The number of benzene rings is 1. The van der Waals surface area contributed by atoms with Gasteiger partial charge in [0.05, 0.1) is 11.4 Å². The van der Waals surface area contributed by atoms with Gasteiger partial charge in [-0.25, -0.2) is 0 Å². The number of piperidine rings is 1. The van der Waals surface area contributed by atoms with Crippen molar-refractivity contribution in [2.24, 2.45) is 11.7 Å². The summed E-state index contributed by atoms with van der Waals surface area (Å²) < 4.78 is 11.0. The summed E-state index contributed by atoms with van der Waals surface area (Å²) in [7, 11) is 0. The number of primary amides is 1. The highest BCUT2D eigenvalue weighted by Crippen LogP contribution is 2.38. The number of likely N-dealkylation sites (tertiary alicyclic amines) is 1. The van der Waals surface area contributed by atoms with Gasteiger partial charge in [0, 0.05) is 19.0 Å². The van der Waals surface area contributed by atoms with E-state index in [4.69, 9.17) is 26.8 Å². The average Bonchev–Trinajstić information content (AvgIpc) is 2.55. The topological polar surface area (TPSA) is 81.9 Å². The van der Waals surface area contributed by atoms with Crippen LogP contribution in [0.3, 0.4) is 0 Å². The minimum atomic E-state index is -0.282. The molecule has 2 N–H and O–H groups in total. The van der Waals surface area contributed by atoms with Crippen molar-refractivity contribution >= 4 is 23.4 Å². The van der Waals surface area contributed by atoms with Gasteiger partial charge in [0.1, 0.15) is 13.2 Å². The fourth-order valence-electron chi connectivity index (χ4n) is 2.97. The molecule has 1 fully saturated rings. The number of hydrogen-bond donors (Lipinski definition) is 1. The van der Waals surface area contributed by atoms with Crippen molar-refractivity contribution in [3.05, 3.63) is 22.7 Å². The van der Waals surface area contributed by atoms with Gasteiger partial charge in [0.15, 0.2) is 11.5 Å². The van der Waals surface area contributed by atoms with Gasteiger partial charge in [-0.2, -0.15) is 0 Å². The Bertz CT molecular complexity index is 627. The second-order valence-electron chi connectivity index (χ2n) is 5.84. The molecule has 1 aromatic rings. The number of nitrogens with zero attached hydrogens (tertiary/aromatic N) is 1. The summed E-state index contributed by atoms with van der Waals surface area (Å²) in [5, 5.41) is 0.456. The van der Waals surface area contributed by atoms with Crippen molar-refractivity contribution in [3.8, 4) is 11.5 Å². The highest BCUT2D eigenvalue weighted by molar-refractivity contribution is 6.32. The molecule has 0 bridgehead atoms. The Hall–Kier alpha value is -1.95. The predicted octanol–water partition coefficient (Wildman–Crippen LogP) is 1.38. The van der Waals surface area contributed by atoms with Gasteiger partial charge < -0.3 is 20.1 Å². The maximum Gasteiger partial charge on any atom is 0.226 e. The molecular weight excluding hydrogens is 320 g/mol. The predicted molar refractivity (Wildman–Crippen MR) is 84.6 cm³/mol. The molecule has 2 heterocycles. The number of amides is 2. The minimum Gasteiger partial charge on any atom is -0.486 e. The van der Waals surface area contributed by atoms with Crippen LogP contribution in [0.25, 0.3) is 0 Å². The zero-order valence-corrected chi connectivity index (χ0v) is 13.5. The molecule has 7 heteroatoms. The van der Waals surface area contributed by atoms with Gasteiger partial charge in [0.25, 0.3) is 0 Å². The number of nitrogens with two attached hydrogens (primary N) is 1. The van der Waals surface area contributed by atoms with Crippen LogP contribution in [0, 0.1) is 5.92 Å². The first kappa shape index (κ1) is 15.9. The van der Waals surface area contributed by atoms with Crippen molar-refractivity contribution < 1.29 is 19.1 Å². The number of ether oxygens (including phenoxy) is 2. The molecule has 1 saturated heterocycles. The van der Waals surface area contributed by atoms with E-state index in [1.54, 1.807) is 17.0 Å². The van der Waals surface area contributed by atoms with Gasteiger partial charge in [-0.15, -0.1) is 0 Å². The van der Waals surface area contributed by atoms with E-state index in [9.17, 15) is 9.59 Å². The molecule has 0 spiro atoms. The monoisotopic (exact) mass is 338 g/mol. The zero-order chi connectivity index (χ0) is 16.4. The summed E-state index contributed by atoms with van der Waals surface area (Å²) in [6.07, 6.45) is 1.50. The van der Waals surface area contributed by atoms with Crippen LogP contribution in [0.5, 0.6) is 11.5 Å². The molecule has 1 aromatic carbocycles. The fourth-order valence-corrected chi connectivity index (χ4v) is 3.25. The minimum absolute atomic E-state index is 0.0145. The van der Waals surface area contributed by atoms with Crippen LogP contribution >= 0.6 is 11.6 Å². The summed E-state index contributed by atoms with van der Waals surface area (Å²) in [5.74, 6) is 0.731. The molecule has 124 valence electrons. The van der Waals surface area contributed by atoms with Gasteiger partial charge >= 0.3 is 0 Å². The molecular formula is C16H19ClN2O4. The van der Waals surface area contributed by atoms with Gasteiger partial charge in [0.2, 0.25) is 11.8 Å². The van der Waals surface area contributed by atoms with E-state index in [1.165, 1.54) is 0 Å². The molecule has 0 unspecified atom stereocenters. The average molecular weight is 339 g/mol. The molecule has 23 heavy (non-hydrogen) atoms. The van der Waals surface area contributed by atoms with E-state index in [1.807, 2.05) is 0 Å². The van der Waals surface area contributed by atoms with Gasteiger partial charge in [-0.05, 0) is 30.5 Å². The summed E-state index contributed by atoms with van der Waals surface area (Å²) in [4.78, 5) is 25.4. The molecule has 0 saturated carbocycles. The van der Waals surface area contributed by atoms with Crippen molar-refractivity contribution in [3.63, 3.8) is 0 Å². The summed E-state index contributed by atoms with van der Waals surface area (Å²) >= 11 is 6.19. The first-order valence-electron chi connectivity index (χ1n) is 7.69. The van der Waals surface area contributed by atoms with E-state index < -0.39 is 0 Å². The maximum atomic E-state index is 12.4. The van der Waals surface area contributed by atoms with Crippen molar-refractivity contribution in [1.29, 1.82) is 0 Å². The smallest absolute Gasteiger partial charge is 0.226 e. The second kappa shape index (κ2) is 6.66. The van der Waals surface area contributed by atoms with Crippen LogP contribution in [0.4, 0.5) is 0 Å². The Morgan fingerprint density at radius 2 is 1.91 bits per heavy atom. The molecule has 2 aliphatic rings. The molecule has 0 aliphatic carbocycles. The highest BCUT2D eigenvalue weighted by atomic mass is 35.5. The number of carbonyl (C=O) groups is 2. The SMILES string of the molecule is NC(=O)C1CCN(C(=O)Cc2cc(Cl)c3c(c2)OCCO3)CC1. The lowest BCUT2D eigenvalue weighted by Gasteiger charge is -2.30. The molecule has 0 aromatic heterocycles. The number of carbonyl (C=O) groups excluding carboxylic acids is 2. The van der Waals surface area contributed by atoms with E-state index in [2.05, 4.69) is 0 Å². The summed E-state index contributed by atoms with van der Waals surface area (Å²) in [5.41, 5.74) is 6.10. The lowest BCUT2D eigenvalue weighted by atomic mass is 9.96. The van der Waals surface area contributed by atoms with Crippen LogP contribution in [0.2, 0.25) is 5.02 Å². The van der Waals surface area contributed by atoms with Crippen LogP contribution in [-0.2, 0) is 16.0 Å². The van der Waals surface area contributed by atoms with Crippen molar-refractivity contribution in [2.45, 2.75) is 19.3 Å². The Morgan fingerprint density at radius 1 is 1.22 bits per heavy atom. The van der Waals surface area contributed by atoms with Gasteiger partial charge in [-0.3, -0.25) is 9.59 Å². The maximum absolute atomic E-state index is 12.4. The van der Waals surface area contributed by atoms with Crippen LogP contribution in [-0.4, -0.2) is 43.0 Å². The molecule has 2 amide bonds. The fraction of sp³-hybridized carbons (Fsp3) is 0.500. The van der Waals surface area contributed by atoms with E-state index in [-0.39, 0.29) is 24.2 Å². The van der Waals surface area contributed by atoms with Crippen LogP contribution < -0.4 is 15.2 Å². The highest BCUT2D eigenvalue weighted by Gasteiger charge is 2.26. The molecule has 3 rings (SSSR count). The third-order valence-corrected chi connectivity index (χ3v) is 4.54. The van der Waals surface area contributed by atoms with Crippen molar-refractivity contribution in [2.75, 3.05) is 26.3 Å². The van der Waals surface area contributed by atoms with Crippen LogP contribution in [0.1, 0.15) is 18.4 Å². The largest absolute Gasteiger partial charge is 0.486 e. The standard InChI is InChI=1S/C16H19ClN2O4/c17-12-7-10(8-13-15(12)23-6-5-22-13)9-14(20)19-3-1-11(2-4-19)16(18)21/h7-8,11H,1-6,9H2,(H2,18,21). The third kappa shape index (κ3) is 3.52. The normalized spacial score (nSPS) is 17.9. The van der Waals surface area contributed by atoms with Crippen molar-refractivity contribution in [1.82, 2.24) is 4.90 Å².